The van der Waals surface area contributed by atoms with E-state index in [1.807, 2.05) is 0 Å². The zero-order valence-electron chi connectivity index (χ0n) is 12.0. The van der Waals surface area contributed by atoms with Gasteiger partial charge in [0.1, 0.15) is 12.1 Å². The first-order valence-electron chi connectivity index (χ1n) is 7.22. The highest BCUT2D eigenvalue weighted by Crippen LogP contribution is 2.08. The second-order valence-corrected chi connectivity index (χ2v) is 5.11. The summed E-state index contributed by atoms with van der Waals surface area (Å²) in [7, 11) is 0. The van der Waals surface area contributed by atoms with Gasteiger partial charge < -0.3 is 20.1 Å². The second-order valence-electron chi connectivity index (χ2n) is 5.11. The van der Waals surface area contributed by atoms with Crippen molar-refractivity contribution in [2.45, 2.75) is 37.8 Å². The Morgan fingerprint density at radius 3 is 1.50 bits per heavy atom. The average Bonchev–Trinajstić information content (AvgIpc) is 3.17. The third kappa shape index (κ3) is 4.74. The Kier molecular flexibility index (Phi) is 5.79. The Morgan fingerprint density at radius 2 is 1.18 bits per heavy atom. The molecule has 120 valence electrons. The van der Waals surface area contributed by atoms with Crippen LogP contribution in [0.25, 0.3) is 0 Å². The average molecular weight is 310 g/mol. The van der Waals surface area contributed by atoms with Crippen LogP contribution >= 0.6 is 0 Å². The number of ether oxygens (including phenoxy) is 2. The lowest BCUT2D eigenvalue weighted by Gasteiger charge is -2.07. The fourth-order valence-electron chi connectivity index (χ4n) is 2.32. The van der Waals surface area contributed by atoms with Gasteiger partial charge in [0.25, 0.3) is 0 Å². The quantitative estimate of drug-likeness (QED) is 0.394. The monoisotopic (exact) mass is 310 g/mol. The van der Waals surface area contributed by atoms with Crippen LogP contribution in [0.4, 0.5) is 0 Å². The molecule has 0 aromatic carbocycles. The van der Waals surface area contributed by atoms with Gasteiger partial charge in [-0.15, -0.1) is 0 Å². The van der Waals surface area contributed by atoms with E-state index in [9.17, 15) is 19.2 Å². The standard InChI is InChI=1S/C14H18N2O6/c17-11(21-13(19)9-3-1-7-15-9)5-6-12(18)22-14(20)10-4-2-8-16-10/h5-6,9-10,15-16H,1-4,7-8H2/b6-5-/t9-,10-/m0/s1. The Morgan fingerprint density at radius 1 is 0.773 bits per heavy atom. The van der Waals surface area contributed by atoms with E-state index in [1.54, 1.807) is 0 Å². The van der Waals surface area contributed by atoms with Crippen molar-refractivity contribution in [1.82, 2.24) is 10.6 Å². The molecule has 0 radical (unpaired) electrons. The smallest absolute Gasteiger partial charge is 0.338 e. The minimum atomic E-state index is -0.970. The van der Waals surface area contributed by atoms with E-state index in [0.717, 1.165) is 25.0 Å². The SMILES string of the molecule is O=C(/C=C\C(=O)OC(=O)[C@@H]1CCCN1)OC(=O)[C@@H]1CCCN1. The van der Waals surface area contributed by atoms with Crippen molar-refractivity contribution in [1.29, 1.82) is 0 Å². The molecule has 2 heterocycles. The van der Waals surface area contributed by atoms with Gasteiger partial charge in [0.05, 0.1) is 0 Å². The molecule has 0 aromatic heterocycles. The first kappa shape index (κ1) is 16.3. The number of hydrogen-bond acceptors (Lipinski definition) is 8. The van der Waals surface area contributed by atoms with E-state index in [2.05, 4.69) is 20.1 Å². The first-order chi connectivity index (χ1) is 10.6. The molecule has 2 N–H and O–H groups in total. The number of carbonyl (C=O) groups is 4. The normalized spacial score (nSPS) is 24.4. The number of nitrogens with one attached hydrogen (secondary N) is 2. The van der Waals surface area contributed by atoms with Gasteiger partial charge in [0.2, 0.25) is 0 Å². The van der Waals surface area contributed by atoms with Crippen molar-refractivity contribution in [2.75, 3.05) is 13.1 Å². The molecule has 0 amide bonds. The van der Waals surface area contributed by atoms with Gasteiger partial charge in [0.15, 0.2) is 0 Å². The molecule has 22 heavy (non-hydrogen) atoms. The van der Waals surface area contributed by atoms with Crippen LogP contribution in [-0.4, -0.2) is 49.1 Å². The van der Waals surface area contributed by atoms with E-state index >= 15 is 0 Å². The number of hydrogen-bond donors (Lipinski definition) is 2. The van der Waals surface area contributed by atoms with Crippen molar-refractivity contribution in [3.05, 3.63) is 12.2 Å². The van der Waals surface area contributed by atoms with Crippen LogP contribution in [-0.2, 0) is 28.7 Å². The Labute approximate surface area is 127 Å². The summed E-state index contributed by atoms with van der Waals surface area (Å²) in [6.07, 6.45) is 4.44. The van der Waals surface area contributed by atoms with E-state index in [4.69, 9.17) is 0 Å². The maximum Gasteiger partial charge on any atom is 0.338 e. The minimum Gasteiger partial charge on any atom is -0.389 e. The summed E-state index contributed by atoms with van der Waals surface area (Å²) >= 11 is 0. The predicted octanol–water partition coefficient (Wildman–Crippen LogP) is -0.814. The van der Waals surface area contributed by atoms with Crippen molar-refractivity contribution in [3.63, 3.8) is 0 Å². The van der Waals surface area contributed by atoms with E-state index in [1.165, 1.54) is 0 Å². The van der Waals surface area contributed by atoms with Gasteiger partial charge in [-0.2, -0.15) is 0 Å². The number of esters is 4. The molecule has 2 fully saturated rings. The largest absolute Gasteiger partial charge is 0.389 e. The highest BCUT2D eigenvalue weighted by molar-refractivity contribution is 6.00. The summed E-state index contributed by atoms with van der Waals surface area (Å²) in [6, 6.07) is -0.973. The topological polar surface area (TPSA) is 111 Å². The van der Waals surface area contributed by atoms with E-state index < -0.39 is 36.0 Å². The van der Waals surface area contributed by atoms with Crippen LogP contribution in [0.5, 0.6) is 0 Å². The zero-order valence-corrected chi connectivity index (χ0v) is 12.0. The molecule has 2 saturated heterocycles. The Balaban J connectivity index is 1.72. The molecule has 2 rings (SSSR count). The molecule has 0 aromatic rings. The third-order valence-electron chi connectivity index (χ3n) is 3.45. The van der Waals surface area contributed by atoms with Crippen LogP contribution in [0.3, 0.4) is 0 Å². The van der Waals surface area contributed by atoms with Crippen LogP contribution < -0.4 is 10.6 Å². The molecule has 2 aliphatic heterocycles. The van der Waals surface area contributed by atoms with Crippen molar-refractivity contribution in [3.8, 4) is 0 Å². The lowest BCUT2D eigenvalue weighted by Crippen LogP contribution is -2.34. The number of carbonyl (C=O) groups excluding carboxylic acids is 4. The fraction of sp³-hybridized carbons (Fsp3) is 0.571. The highest BCUT2D eigenvalue weighted by Gasteiger charge is 2.26. The predicted molar refractivity (Wildman–Crippen MR) is 73.4 cm³/mol. The van der Waals surface area contributed by atoms with Gasteiger partial charge in [-0.1, -0.05) is 0 Å². The van der Waals surface area contributed by atoms with Gasteiger partial charge >= 0.3 is 23.9 Å². The molecule has 0 spiro atoms. The van der Waals surface area contributed by atoms with Gasteiger partial charge in [0, 0.05) is 12.2 Å². The summed E-state index contributed by atoms with van der Waals surface area (Å²) in [5, 5.41) is 5.78. The van der Waals surface area contributed by atoms with Crippen molar-refractivity contribution >= 4 is 23.9 Å². The third-order valence-corrected chi connectivity index (χ3v) is 3.45. The maximum atomic E-state index is 11.5. The zero-order chi connectivity index (χ0) is 15.9. The highest BCUT2D eigenvalue weighted by atomic mass is 16.6. The van der Waals surface area contributed by atoms with Crippen molar-refractivity contribution < 1.29 is 28.7 Å². The summed E-state index contributed by atoms with van der Waals surface area (Å²) in [6.45, 7) is 1.40. The maximum absolute atomic E-state index is 11.5. The summed E-state index contributed by atoms with van der Waals surface area (Å²) in [5.74, 6) is -3.29. The lowest BCUT2D eigenvalue weighted by molar-refractivity contribution is -0.160. The molecule has 8 nitrogen and oxygen atoms in total. The summed E-state index contributed by atoms with van der Waals surface area (Å²) in [5.41, 5.74) is 0. The van der Waals surface area contributed by atoms with Crippen LogP contribution in [0.15, 0.2) is 12.2 Å². The Hall–Kier alpha value is -2.06. The molecular formula is C14H18N2O6. The fourth-order valence-corrected chi connectivity index (χ4v) is 2.32. The summed E-state index contributed by atoms with van der Waals surface area (Å²) < 4.78 is 9.11. The molecule has 0 unspecified atom stereocenters. The van der Waals surface area contributed by atoms with Gasteiger partial charge in [-0.05, 0) is 38.8 Å². The van der Waals surface area contributed by atoms with E-state index in [-0.39, 0.29) is 0 Å². The lowest BCUT2D eigenvalue weighted by atomic mass is 10.2. The van der Waals surface area contributed by atoms with Crippen LogP contribution in [0.1, 0.15) is 25.7 Å². The molecule has 2 aliphatic rings. The molecule has 0 aliphatic carbocycles. The van der Waals surface area contributed by atoms with Gasteiger partial charge in [-0.3, -0.25) is 0 Å². The molecule has 0 saturated carbocycles. The van der Waals surface area contributed by atoms with Gasteiger partial charge in [-0.25, -0.2) is 19.2 Å². The second kappa shape index (κ2) is 7.81. The van der Waals surface area contributed by atoms with Crippen LogP contribution in [0.2, 0.25) is 0 Å². The molecule has 0 bridgehead atoms. The van der Waals surface area contributed by atoms with Crippen molar-refractivity contribution in [2.24, 2.45) is 0 Å². The first-order valence-corrected chi connectivity index (χ1v) is 7.22. The van der Waals surface area contributed by atoms with E-state index in [0.29, 0.717) is 25.9 Å². The number of rotatable bonds is 4. The minimum absolute atomic E-state index is 0.487. The molecule has 2 atom stereocenters. The molecule has 8 heteroatoms. The van der Waals surface area contributed by atoms with Crippen LogP contribution in [0, 0.1) is 0 Å². The Bertz CT molecular complexity index is 446. The molecular weight excluding hydrogens is 292 g/mol. The summed E-state index contributed by atoms with van der Waals surface area (Å²) in [4.78, 5) is 45.9.